The molecule has 0 atom stereocenters. The second-order valence-electron chi connectivity index (χ2n) is 3.81. The van der Waals surface area contributed by atoms with E-state index in [2.05, 4.69) is 5.32 Å². The number of nitrogens with zero attached hydrogens (tertiary/aromatic N) is 1. The van der Waals surface area contributed by atoms with Gasteiger partial charge in [-0.1, -0.05) is 0 Å². The van der Waals surface area contributed by atoms with Crippen molar-refractivity contribution in [3.05, 3.63) is 0 Å². The van der Waals surface area contributed by atoms with Crippen LogP contribution in [0, 0.1) is 0 Å². The third-order valence-electron chi connectivity index (χ3n) is 2.41. The summed E-state index contributed by atoms with van der Waals surface area (Å²) >= 11 is 0. The summed E-state index contributed by atoms with van der Waals surface area (Å²) in [4.78, 5) is 45.0. The van der Waals surface area contributed by atoms with Crippen LogP contribution in [0.15, 0.2) is 0 Å². The van der Waals surface area contributed by atoms with Crippen molar-refractivity contribution in [2.45, 2.75) is 25.3 Å². The molecule has 0 radical (unpaired) electrons. The van der Waals surface area contributed by atoms with Crippen LogP contribution in [0.1, 0.15) is 19.3 Å². The minimum absolute atomic E-state index is 0.0307. The van der Waals surface area contributed by atoms with E-state index in [9.17, 15) is 19.2 Å². The third kappa shape index (κ3) is 2.18. The molecule has 0 aromatic carbocycles. The van der Waals surface area contributed by atoms with Gasteiger partial charge in [-0.3, -0.25) is 24.6 Å². The predicted octanol–water partition coefficient (Wildman–Crippen LogP) is -1.27. The molecule has 1 aliphatic carbocycles. The van der Waals surface area contributed by atoms with Gasteiger partial charge in [0.05, 0.1) is 0 Å². The van der Waals surface area contributed by atoms with Crippen LogP contribution in [0.4, 0.5) is 4.79 Å². The molecule has 0 bridgehead atoms. The second-order valence-corrected chi connectivity index (χ2v) is 3.81. The molecule has 2 N–H and O–H groups in total. The standard InChI is InChI=1S/C9H11N3O4/c13-6(10-5-1-2-5)3-4-12-8(15)7(14)11-9(12)16/h5H,1-4H2,(H,10,13)(H,11,14,16). The highest BCUT2D eigenvalue weighted by Crippen LogP contribution is 2.18. The van der Waals surface area contributed by atoms with E-state index < -0.39 is 17.8 Å². The van der Waals surface area contributed by atoms with Crippen LogP contribution in [0.3, 0.4) is 0 Å². The van der Waals surface area contributed by atoms with E-state index in [-0.39, 0.29) is 24.9 Å². The number of carbonyl (C=O) groups is 4. The number of amides is 5. The van der Waals surface area contributed by atoms with Crippen molar-refractivity contribution in [3.63, 3.8) is 0 Å². The molecule has 5 amide bonds. The van der Waals surface area contributed by atoms with Gasteiger partial charge in [0, 0.05) is 19.0 Å². The molecular formula is C9H11N3O4. The first-order chi connectivity index (χ1) is 7.58. The summed E-state index contributed by atoms with van der Waals surface area (Å²) in [7, 11) is 0. The molecule has 2 fully saturated rings. The number of carbonyl (C=O) groups excluding carboxylic acids is 4. The van der Waals surface area contributed by atoms with Crippen LogP contribution in [-0.2, 0) is 14.4 Å². The molecule has 2 rings (SSSR count). The Morgan fingerprint density at radius 3 is 2.56 bits per heavy atom. The number of urea groups is 1. The largest absolute Gasteiger partial charge is 0.353 e. The molecule has 7 heteroatoms. The highest BCUT2D eigenvalue weighted by molar-refractivity contribution is 6.44. The predicted molar refractivity (Wildman–Crippen MR) is 51.0 cm³/mol. The first-order valence-electron chi connectivity index (χ1n) is 5.04. The van der Waals surface area contributed by atoms with Gasteiger partial charge in [0.25, 0.3) is 0 Å². The Labute approximate surface area is 91.2 Å². The van der Waals surface area contributed by atoms with Gasteiger partial charge in [0.1, 0.15) is 0 Å². The molecule has 7 nitrogen and oxygen atoms in total. The summed E-state index contributed by atoms with van der Waals surface area (Å²) in [6.07, 6.45) is 1.99. The topological polar surface area (TPSA) is 95.6 Å². The molecule has 2 aliphatic rings. The molecule has 0 aromatic heterocycles. The Bertz CT molecular complexity index is 375. The zero-order valence-electron chi connectivity index (χ0n) is 8.49. The first kappa shape index (κ1) is 10.6. The van der Waals surface area contributed by atoms with Crippen LogP contribution in [-0.4, -0.2) is 41.2 Å². The van der Waals surface area contributed by atoms with Gasteiger partial charge < -0.3 is 5.32 Å². The molecule has 1 saturated carbocycles. The molecule has 86 valence electrons. The normalized spacial score (nSPS) is 20.0. The number of hydrogen-bond acceptors (Lipinski definition) is 4. The van der Waals surface area contributed by atoms with Gasteiger partial charge in [-0.15, -0.1) is 0 Å². The van der Waals surface area contributed by atoms with E-state index in [1.54, 1.807) is 0 Å². The Morgan fingerprint density at radius 2 is 2.06 bits per heavy atom. The molecule has 1 heterocycles. The van der Waals surface area contributed by atoms with Crippen LogP contribution in [0.2, 0.25) is 0 Å². The van der Waals surface area contributed by atoms with E-state index in [0.29, 0.717) is 0 Å². The summed E-state index contributed by atoms with van der Waals surface area (Å²) in [5.74, 6) is -2.04. The quantitative estimate of drug-likeness (QED) is 0.460. The summed E-state index contributed by atoms with van der Waals surface area (Å²) < 4.78 is 0. The third-order valence-corrected chi connectivity index (χ3v) is 2.41. The lowest BCUT2D eigenvalue weighted by Gasteiger charge is -2.10. The number of rotatable bonds is 4. The molecule has 0 spiro atoms. The van der Waals surface area contributed by atoms with E-state index in [1.807, 2.05) is 5.32 Å². The van der Waals surface area contributed by atoms with Crippen molar-refractivity contribution >= 4 is 23.8 Å². The van der Waals surface area contributed by atoms with E-state index in [0.717, 1.165) is 17.7 Å². The molecule has 1 aliphatic heterocycles. The van der Waals surface area contributed by atoms with Gasteiger partial charge in [-0.05, 0) is 12.8 Å². The smallest absolute Gasteiger partial charge is 0.331 e. The number of imide groups is 2. The zero-order valence-corrected chi connectivity index (χ0v) is 8.49. The maximum absolute atomic E-state index is 11.3. The Kier molecular flexibility index (Phi) is 2.59. The first-order valence-corrected chi connectivity index (χ1v) is 5.04. The Morgan fingerprint density at radius 1 is 1.38 bits per heavy atom. The number of hydrogen-bond donors (Lipinski definition) is 2. The fourth-order valence-corrected chi connectivity index (χ4v) is 1.38. The minimum Gasteiger partial charge on any atom is -0.353 e. The molecular weight excluding hydrogens is 214 g/mol. The molecule has 0 aromatic rings. The van der Waals surface area contributed by atoms with Crippen molar-refractivity contribution in [3.8, 4) is 0 Å². The van der Waals surface area contributed by atoms with Crippen molar-refractivity contribution in [1.82, 2.24) is 15.5 Å². The lowest BCUT2D eigenvalue weighted by atomic mass is 10.3. The summed E-state index contributed by atoms with van der Waals surface area (Å²) in [6.45, 7) is -0.0606. The fraction of sp³-hybridized carbons (Fsp3) is 0.556. The second kappa shape index (κ2) is 3.92. The highest BCUT2D eigenvalue weighted by atomic mass is 16.2. The fourth-order valence-electron chi connectivity index (χ4n) is 1.38. The molecule has 16 heavy (non-hydrogen) atoms. The van der Waals surface area contributed by atoms with Gasteiger partial charge >= 0.3 is 17.8 Å². The van der Waals surface area contributed by atoms with Gasteiger partial charge in [-0.2, -0.15) is 0 Å². The Balaban J connectivity index is 1.80. The van der Waals surface area contributed by atoms with Crippen LogP contribution < -0.4 is 10.6 Å². The zero-order chi connectivity index (χ0) is 11.7. The number of nitrogens with one attached hydrogen (secondary N) is 2. The lowest BCUT2D eigenvalue weighted by Crippen LogP contribution is -2.35. The van der Waals surface area contributed by atoms with E-state index in [4.69, 9.17) is 0 Å². The summed E-state index contributed by atoms with van der Waals surface area (Å²) in [6, 6.07) is -0.508. The van der Waals surface area contributed by atoms with Crippen LogP contribution >= 0.6 is 0 Å². The van der Waals surface area contributed by atoms with E-state index in [1.165, 1.54) is 0 Å². The van der Waals surface area contributed by atoms with E-state index >= 15 is 0 Å². The summed E-state index contributed by atoms with van der Waals surface area (Å²) in [5.41, 5.74) is 0. The maximum atomic E-state index is 11.3. The minimum atomic E-state index is -0.937. The van der Waals surface area contributed by atoms with Gasteiger partial charge in [-0.25, -0.2) is 4.79 Å². The average molecular weight is 225 g/mol. The molecule has 1 saturated heterocycles. The van der Waals surface area contributed by atoms with Gasteiger partial charge in [0.15, 0.2) is 0 Å². The highest BCUT2D eigenvalue weighted by Gasteiger charge is 2.36. The van der Waals surface area contributed by atoms with Crippen molar-refractivity contribution < 1.29 is 19.2 Å². The van der Waals surface area contributed by atoms with Crippen LogP contribution in [0.25, 0.3) is 0 Å². The van der Waals surface area contributed by atoms with Gasteiger partial charge in [0.2, 0.25) is 5.91 Å². The average Bonchev–Trinajstić information content (AvgIpc) is 2.97. The lowest BCUT2D eigenvalue weighted by molar-refractivity contribution is -0.140. The van der Waals surface area contributed by atoms with Crippen molar-refractivity contribution in [2.75, 3.05) is 6.54 Å². The molecule has 0 unspecified atom stereocenters. The SMILES string of the molecule is O=C(CCN1C(=O)NC(=O)C1=O)NC1CC1. The summed E-state index contributed by atoms with van der Waals surface area (Å²) in [5, 5.41) is 4.59. The van der Waals surface area contributed by atoms with Crippen molar-refractivity contribution in [2.24, 2.45) is 0 Å². The Hall–Kier alpha value is -1.92. The maximum Gasteiger partial charge on any atom is 0.331 e. The monoisotopic (exact) mass is 225 g/mol. The van der Waals surface area contributed by atoms with Crippen molar-refractivity contribution in [1.29, 1.82) is 0 Å². The van der Waals surface area contributed by atoms with Crippen LogP contribution in [0.5, 0.6) is 0 Å².